The highest BCUT2D eigenvalue weighted by Gasteiger charge is 2.33. The van der Waals surface area contributed by atoms with E-state index in [0.29, 0.717) is 15.8 Å². The molecule has 150 valence electrons. The number of hydrogen-bond acceptors (Lipinski definition) is 6. The lowest BCUT2D eigenvalue weighted by molar-refractivity contribution is -0.141. The monoisotopic (exact) mass is 477 g/mol. The smallest absolute Gasteiger partial charge is 0.386 e. The molecule has 3 heterocycles. The number of alkyl halides is 3. The maximum absolute atomic E-state index is 12.9. The topological polar surface area (TPSA) is 89.8 Å². The maximum atomic E-state index is 12.9. The second kappa shape index (κ2) is 6.99. The van der Waals surface area contributed by atoms with Gasteiger partial charge in [-0.3, -0.25) is 0 Å². The van der Waals surface area contributed by atoms with Crippen LogP contribution in [0, 0.1) is 0 Å². The van der Waals surface area contributed by atoms with E-state index >= 15 is 0 Å². The molecule has 0 saturated heterocycles. The van der Waals surface area contributed by atoms with Crippen molar-refractivity contribution in [3.05, 3.63) is 28.6 Å². The van der Waals surface area contributed by atoms with Crippen LogP contribution in [0.1, 0.15) is 12.6 Å². The number of hydrogen-bond donors (Lipinski definition) is 1. The van der Waals surface area contributed by atoms with Crippen LogP contribution in [0.4, 0.5) is 18.9 Å². The average molecular weight is 478 g/mol. The zero-order valence-electron chi connectivity index (χ0n) is 15.0. The molecule has 0 atom stereocenters. The highest BCUT2D eigenvalue weighted by atomic mass is 79.9. The Balaban J connectivity index is 2.33. The molecule has 3 aromatic heterocycles. The third kappa shape index (κ3) is 3.46. The fraction of sp³-hybridized carbons (Fsp3) is 0.312. The summed E-state index contributed by atoms with van der Waals surface area (Å²) >= 11 is 3.27. The molecule has 0 unspecified atom stereocenters. The molecular weight excluding hydrogens is 463 g/mol. The second-order valence-corrected chi connectivity index (χ2v) is 8.88. The van der Waals surface area contributed by atoms with Gasteiger partial charge in [0.2, 0.25) is 0 Å². The Labute approximate surface area is 167 Å². The highest BCUT2D eigenvalue weighted by molar-refractivity contribution is 9.10. The molecule has 0 aliphatic rings. The highest BCUT2D eigenvalue weighted by Crippen LogP contribution is 2.35. The Bertz CT molecular complexity index is 1180. The largest absolute Gasteiger partial charge is 0.433 e. The second-order valence-electron chi connectivity index (χ2n) is 5.88. The number of pyridine rings is 2. The Morgan fingerprint density at radius 2 is 1.93 bits per heavy atom. The van der Waals surface area contributed by atoms with Gasteiger partial charge in [-0.25, -0.2) is 23.4 Å². The van der Waals surface area contributed by atoms with E-state index in [9.17, 15) is 21.6 Å². The van der Waals surface area contributed by atoms with Crippen LogP contribution < -0.4 is 5.32 Å². The summed E-state index contributed by atoms with van der Waals surface area (Å²) in [4.78, 5) is 11.9. The SMILES string of the molecule is CCS(=O)(=O)c1cc(NC)c(Br)nc1-c1nc2cc(C(F)(F)F)ncc2n1C. The first-order valence-corrected chi connectivity index (χ1v) is 10.4. The van der Waals surface area contributed by atoms with E-state index in [4.69, 9.17) is 0 Å². The summed E-state index contributed by atoms with van der Waals surface area (Å²) in [5, 5.41) is 2.84. The van der Waals surface area contributed by atoms with Crippen molar-refractivity contribution in [3.63, 3.8) is 0 Å². The zero-order valence-corrected chi connectivity index (χ0v) is 17.4. The zero-order chi connectivity index (χ0) is 20.9. The molecule has 12 heteroatoms. The van der Waals surface area contributed by atoms with Crippen molar-refractivity contribution < 1.29 is 21.6 Å². The van der Waals surface area contributed by atoms with E-state index in [2.05, 4.69) is 36.2 Å². The number of imidazole rings is 1. The normalized spacial score (nSPS) is 12.5. The van der Waals surface area contributed by atoms with Crippen molar-refractivity contribution in [2.24, 2.45) is 7.05 Å². The van der Waals surface area contributed by atoms with E-state index in [1.807, 2.05) is 0 Å². The predicted molar refractivity (Wildman–Crippen MR) is 102 cm³/mol. The number of fused-ring (bicyclic) bond motifs is 1. The van der Waals surface area contributed by atoms with Gasteiger partial charge in [0.25, 0.3) is 0 Å². The predicted octanol–water partition coefficient (Wildman–Crippen LogP) is 3.65. The van der Waals surface area contributed by atoms with Crippen molar-refractivity contribution in [2.45, 2.75) is 18.0 Å². The van der Waals surface area contributed by atoms with Crippen molar-refractivity contribution in [3.8, 4) is 11.5 Å². The summed E-state index contributed by atoms with van der Waals surface area (Å²) in [5.74, 6) is -0.0533. The van der Waals surface area contributed by atoms with Gasteiger partial charge in [-0.15, -0.1) is 0 Å². The molecule has 0 aromatic carbocycles. The van der Waals surface area contributed by atoms with Crippen LogP contribution in [0.2, 0.25) is 0 Å². The van der Waals surface area contributed by atoms with Crippen LogP contribution in [-0.4, -0.2) is 40.7 Å². The Morgan fingerprint density at radius 3 is 2.50 bits per heavy atom. The Kier molecular flexibility index (Phi) is 5.13. The summed E-state index contributed by atoms with van der Waals surface area (Å²) in [6, 6.07) is 2.24. The van der Waals surface area contributed by atoms with Gasteiger partial charge in [0.15, 0.2) is 15.7 Å². The minimum absolute atomic E-state index is 0.0373. The summed E-state index contributed by atoms with van der Waals surface area (Å²) in [7, 11) is -0.511. The van der Waals surface area contributed by atoms with E-state index in [0.717, 1.165) is 12.3 Å². The van der Waals surface area contributed by atoms with E-state index in [1.165, 1.54) is 17.6 Å². The van der Waals surface area contributed by atoms with E-state index < -0.39 is 21.7 Å². The summed E-state index contributed by atoms with van der Waals surface area (Å²) in [5.41, 5.74) is -0.227. The van der Waals surface area contributed by atoms with Gasteiger partial charge < -0.3 is 9.88 Å². The number of aromatic nitrogens is 4. The molecule has 0 amide bonds. The van der Waals surface area contributed by atoms with Crippen LogP contribution in [0.15, 0.2) is 27.8 Å². The fourth-order valence-electron chi connectivity index (χ4n) is 2.66. The number of rotatable bonds is 4. The van der Waals surface area contributed by atoms with Crippen molar-refractivity contribution in [2.75, 3.05) is 18.1 Å². The molecule has 0 bridgehead atoms. The van der Waals surface area contributed by atoms with Gasteiger partial charge >= 0.3 is 6.18 Å². The van der Waals surface area contributed by atoms with Gasteiger partial charge in [-0.1, -0.05) is 6.92 Å². The molecule has 0 fully saturated rings. The standard InChI is InChI=1S/C16H15BrF3N5O2S/c1-4-28(26,27)11-5-9(21-2)14(17)24-13(11)15-23-8-6-12(16(18,19)20)22-7-10(8)25(15)3/h5-7,21H,4H2,1-3H3. The minimum atomic E-state index is -4.61. The molecule has 28 heavy (non-hydrogen) atoms. The van der Waals surface area contributed by atoms with Gasteiger partial charge in [0.05, 0.1) is 33.6 Å². The third-order valence-electron chi connectivity index (χ3n) is 4.19. The average Bonchev–Trinajstić information content (AvgIpc) is 2.96. The molecular formula is C16H15BrF3N5O2S. The number of aryl methyl sites for hydroxylation is 1. The lowest BCUT2D eigenvalue weighted by atomic mass is 10.3. The number of anilines is 1. The molecule has 0 spiro atoms. The van der Waals surface area contributed by atoms with Gasteiger partial charge in [0.1, 0.15) is 16.0 Å². The summed E-state index contributed by atoms with van der Waals surface area (Å²) < 4.78 is 65.9. The fourth-order valence-corrected chi connectivity index (χ4v) is 4.19. The maximum Gasteiger partial charge on any atom is 0.433 e. The first-order valence-electron chi connectivity index (χ1n) is 8.00. The number of sulfone groups is 1. The van der Waals surface area contributed by atoms with Crippen LogP contribution in [0.25, 0.3) is 22.6 Å². The number of nitrogens with one attached hydrogen (secondary N) is 1. The van der Waals surface area contributed by atoms with Gasteiger partial charge in [0, 0.05) is 14.1 Å². The first-order chi connectivity index (χ1) is 13.0. The first kappa shape index (κ1) is 20.5. The van der Waals surface area contributed by atoms with E-state index in [1.54, 1.807) is 14.1 Å². The number of nitrogens with zero attached hydrogens (tertiary/aromatic N) is 4. The Hall–Kier alpha value is -2.21. The molecule has 0 radical (unpaired) electrons. The molecule has 7 nitrogen and oxygen atoms in total. The number of halogens is 4. The molecule has 3 aromatic rings. The summed E-state index contributed by atoms with van der Waals surface area (Å²) in [6.45, 7) is 1.49. The lowest BCUT2D eigenvalue weighted by Gasteiger charge is -2.12. The molecule has 1 N–H and O–H groups in total. The van der Waals surface area contributed by atoms with Crippen molar-refractivity contribution >= 4 is 42.5 Å². The third-order valence-corrected chi connectivity index (χ3v) is 6.54. The van der Waals surface area contributed by atoms with Crippen LogP contribution >= 0.6 is 15.9 Å². The van der Waals surface area contributed by atoms with Crippen LogP contribution in [0.5, 0.6) is 0 Å². The minimum Gasteiger partial charge on any atom is -0.386 e. The van der Waals surface area contributed by atoms with Crippen LogP contribution in [-0.2, 0) is 23.1 Å². The quantitative estimate of drug-likeness (QED) is 0.576. The van der Waals surface area contributed by atoms with Crippen molar-refractivity contribution in [1.29, 1.82) is 0 Å². The molecule has 0 aliphatic heterocycles. The molecule has 0 aliphatic carbocycles. The van der Waals surface area contributed by atoms with Crippen molar-refractivity contribution in [1.82, 2.24) is 19.5 Å². The lowest BCUT2D eigenvalue weighted by Crippen LogP contribution is -2.10. The van der Waals surface area contributed by atoms with E-state index in [-0.39, 0.29) is 27.7 Å². The Morgan fingerprint density at radius 1 is 1.25 bits per heavy atom. The molecule has 3 rings (SSSR count). The summed E-state index contributed by atoms with van der Waals surface area (Å²) in [6.07, 6.45) is -3.56. The van der Waals surface area contributed by atoms with Gasteiger partial charge in [-0.2, -0.15) is 13.2 Å². The van der Waals surface area contributed by atoms with Gasteiger partial charge in [-0.05, 0) is 28.1 Å². The molecule has 0 saturated carbocycles. The van der Waals surface area contributed by atoms with Crippen LogP contribution in [0.3, 0.4) is 0 Å².